The monoisotopic (exact) mass is 390 g/mol. The van der Waals surface area contributed by atoms with Crippen LogP contribution in [0.2, 0.25) is 0 Å². The SMILES string of the molecule is Cc1cccc(CN2C(=O)C3NSC=C3N(Cc3ccccc3C#N)C2=O)c1. The molecule has 7 heteroatoms. The molecule has 4 rings (SSSR count). The average molecular weight is 390 g/mol. The molecule has 0 bridgehead atoms. The summed E-state index contributed by atoms with van der Waals surface area (Å²) >= 11 is 1.30. The Balaban J connectivity index is 1.66. The number of hydrogen-bond donors (Lipinski definition) is 1. The lowest BCUT2D eigenvalue weighted by atomic mass is 10.0. The summed E-state index contributed by atoms with van der Waals surface area (Å²) in [5.41, 5.74) is 3.88. The molecule has 28 heavy (non-hydrogen) atoms. The van der Waals surface area contributed by atoms with E-state index >= 15 is 0 Å². The maximum Gasteiger partial charge on any atom is 0.331 e. The van der Waals surface area contributed by atoms with E-state index in [2.05, 4.69) is 10.8 Å². The summed E-state index contributed by atoms with van der Waals surface area (Å²) in [5, 5.41) is 11.2. The van der Waals surface area contributed by atoms with Gasteiger partial charge in [0.2, 0.25) is 0 Å². The Morgan fingerprint density at radius 1 is 1.11 bits per heavy atom. The van der Waals surface area contributed by atoms with E-state index in [1.54, 1.807) is 22.4 Å². The van der Waals surface area contributed by atoms with Crippen molar-refractivity contribution in [3.05, 3.63) is 81.9 Å². The quantitative estimate of drug-likeness (QED) is 0.811. The van der Waals surface area contributed by atoms with Gasteiger partial charge in [-0.05, 0) is 24.1 Å². The molecule has 6 nitrogen and oxygen atoms in total. The van der Waals surface area contributed by atoms with Gasteiger partial charge in [-0.25, -0.2) is 9.52 Å². The molecule has 1 atom stereocenters. The maximum absolute atomic E-state index is 13.2. The molecule has 1 N–H and O–H groups in total. The lowest BCUT2D eigenvalue weighted by Crippen LogP contribution is -2.58. The van der Waals surface area contributed by atoms with Crippen molar-refractivity contribution in [1.82, 2.24) is 14.5 Å². The zero-order valence-corrected chi connectivity index (χ0v) is 16.1. The first kappa shape index (κ1) is 18.3. The highest BCUT2D eigenvalue weighted by molar-refractivity contribution is 8.00. The number of benzene rings is 2. The van der Waals surface area contributed by atoms with Crippen molar-refractivity contribution >= 4 is 23.9 Å². The average Bonchev–Trinajstić information content (AvgIpc) is 3.19. The van der Waals surface area contributed by atoms with Gasteiger partial charge in [-0.15, -0.1) is 0 Å². The standard InChI is InChI=1S/C21H18N4O2S/c1-14-5-4-6-15(9-14)11-25-20(26)19-18(13-28-23-19)24(21(25)27)12-17-8-3-2-7-16(17)10-22/h2-9,13,19,23H,11-12H2,1H3. The largest absolute Gasteiger partial charge is 0.331 e. The van der Waals surface area contributed by atoms with E-state index in [1.165, 1.54) is 16.8 Å². The van der Waals surface area contributed by atoms with Gasteiger partial charge in [0.25, 0.3) is 5.91 Å². The molecule has 0 saturated carbocycles. The van der Waals surface area contributed by atoms with Gasteiger partial charge in [-0.3, -0.25) is 14.6 Å². The van der Waals surface area contributed by atoms with Crippen LogP contribution < -0.4 is 4.72 Å². The Hall–Kier alpha value is -3.08. The molecule has 2 heterocycles. The zero-order valence-electron chi connectivity index (χ0n) is 15.3. The molecular weight excluding hydrogens is 372 g/mol. The molecule has 0 spiro atoms. The summed E-state index contributed by atoms with van der Waals surface area (Å²) in [4.78, 5) is 29.0. The first-order valence-electron chi connectivity index (χ1n) is 8.86. The molecule has 0 aromatic heterocycles. The van der Waals surface area contributed by atoms with Gasteiger partial charge in [0.05, 0.1) is 30.4 Å². The highest BCUT2D eigenvalue weighted by Gasteiger charge is 2.44. The second-order valence-electron chi connectivity index (χ2n) is 6.76. The number of rotatable bonds is 4. The molecule has 1 saturated heterocycles. The minimum atomic E-state index is -0.568. The Bertz CT molecular complexity index is 1030. The molecule has 0 aliphatic carbocycles. The van der Waals surface area contributed by atoms with Crippen molar-refractivity contribution in [3.8, 4) is 6.07 Å². The topological polar surface area (TPSA) is 76.4 Å². The first-order valence-corrected chi connectivity index (χ1v) is 9.74. The lowest BCUT2D eigenvalue weighted by Gasteiger charge is -2.38. The Morgan fingerprint density at radius 2 is 1.93 bits per heavy atom. The number of carbonyl (C=O) groups is 2. The molecule has 3 amide bonds. The van der Waals surface area contributed by atoms with Crippen LogP contribution in [0.1, 0.15) is 22.3 Å². The summed E-state index contributed by atoms with van der Waals surface area (Å²) in [6.45, 7) is 2.43. The van der Waals surface area contributed by atoms with Crippen molar-refractivity contribution in [2.24, 2.45) is 0 Å². The number of nitriles is 1. The normalized spacial score (nSPS) is 18.7. The second kappa shape index (κ2) is 7.50. The predicted molar refractivity (Wildman–Crippen MR) is 106 cm³/mol. The number of aryl methyl sites for hydroxylation is 1. The van der Waals surface area contributed by atoms with Crippen LogP contribution in [0.5, 0.6) is 0 Å². The fourth-order valence-electron chi connectivity index (χ4n) is 3.43. The number of amides is 3. The van der Waals surface area contributed by atoms with Gasteiger partial charge < -0.3 is 0 Å². The third-order valence-corrected chi connectivity index (χ3v) is 5.57. The Morgan fingerprint density at radius 3 is 2.71 bits per heavy atom. The van der Waals surface area contributed by atoms with E-state index in [4.69, 9.17) is 0 Å². The molecule has 1 unspecified atom stereocenters. The molecule has 2 aromatic rings. The van der Waals surface area contributed by atoms with Crippen LogP contribution in [0, 0.1) is 18.3 Å². The van der Waals surface area contributed by atoms with Gasteiger partial charge in [-0.1, -0.05) is 60.0 Å². The summed E-state index contributed by atoms with van der Waals surface area (Å²) in [6, 6.07) is 16.2. The van der Waals surface area contributed by atoms with Crippen molar-refractivity contribution in [2.45, 2.75) is 26.1 Å². The van der Waals surface area contributed by atoms with Crippen molar-refractivity contribution in [3.63, 3.8) is 0 Å². The number of fused-ring (bicyclic) bond motifs is 1. The van der Waals surface area contributed by atoms with Crippen LogP contribution >= 0.6 is 11.9 Å². The maximum atomic E-state index is 13.2. The summed E-state index contributed by atoms with van der Waals surface area (Å²) in [6.07, 6.45) is 0. The molecule has 1 fully saturated rings. The van der Waals surface area contributed by atoms with Gasteiger partial charge in [0.1, 0.15) is 6.04 Å². The van der Waals surface area contributed by atoms with E-state index in [9.17, 15) is 14.9 Å². The number of nitrogens with one attached hydrogen (secondary N) is 1. The van der Waals surface area contributed by atoms with Crippen LogP contribution in [0.15, 0.2) is 59.6 Å². The summed E-state index contributed by atoms with van der Waals surface area (Å²) in [7, 11) is 0. The first-order chi connectivity index (χ1) is 13.6. The van der Waals surface area contributed by atoms with E-state index in [0.717, 1.165) is 16.7 Å². The van der Waals surface area contributed by atoms with Crippen molar-refractivity contribution in [2.75, 3.05) is 0 Å². The lowest BCUT2D eigenvalue weighted by molar-refractivity contribution is -0.132. The number of urea groups is 1. The van der Waals surface area contributed by atoms with E-state index in [1.807, 2.05) is 43.3 Å². The van der Waals surface area contributed by atoms with Crippen LogP contribution in [0.25, 0.3) is 0 Å². The van der Waals surface area contributed by atoms with Crippen LogP contribution in [0.3, 0.4) is 0 Å². The Kier molecular flexibility index (Phi) is 4.90. The smallest absolute Gasteiger partial charge is 0.291 e. The van der Waals surface area contributed by atoms with Crippen LogP contribution in [-0.4, -0.2) is 27.8 Å². The minimum absolute atomic E-state index is 0.214. The van der Waals surface area contributed by atoms with Crippen LogP contribution in [0.4, 0.5) is 4.79 Å². The third kappa shape index (κ3) is 3.28. The Labute approximate surface area is 167 Å². The molecular formula is C21H18N4O2S. The van der Waals surface area contributed by atoms with E-state index in [0.29, 0.717) is 11.3 Å². The van der Waals surface area contributed by atoms with Crippen LogP contribution in [-0.2, 0) is 17.9 Å². The van der Waals surface area contributed by atoms with Gasteiger partial charge in [0.15, 0.2) is 0 Å². The summed E-state index contributed by atoms with van der Waals surface area (Å²) < 4.78 is 3.07. The molecule has 2 aliphatic heterocycles. The highest BCUT2D eigenvalue weighted by Crippen LogP contribution is 2.32. The number of nitrogens with zero attached hydrogens (tertiary/aromatic N) is 3. The number of hydrogen-bond acceptors (Lipinski definition) is 5. The fraction of sp³-hybridized carbons (Fsp3) is 0.190. The van der Waals surface area contributed by atoms with Crippen molar-refractivity contribution in [1.29, 1.82) is 5.26 Å². The van der Waals surface area contributed by atoms with Gasteiger partial charge in [0, 0.05) is 5.41 Å². The zero-order chi connectivity index (χ0) is 19.7. The van der Waals surface area contributed by atoms with Gasteiger partial charge >= 0.3 is 6.03 Å². The highest BCUT2D eigenvalue weighted by atomic mass is 32.2. The minimum Gasteiger partial charge on any atom is -0.291 e. The summed E-state index contributed by atoms with van der Waals surface area (Å²) in [5.74, 6) is -0.257. The number of carbonyl (C=O) groups excluding carboxylic acids is 2. The molecule has 2 aromatic carbocycles. The fourth-order valence-corrected chi connectivity index (χ4v) is 4.24. The number of imide groups is 1. The van der Waals surface area contributed by atoms with E-state index in [-0.39, 0.29) is 25.0 Å². The van der Waals surface area contributed by atoms with E-state index < -0.39 is 6.04 Å². The molecule has 2 aliphatic rings. The van der Waals surface area contributed by atoms with Gasteiger partial charge in [-0.2, -0.15) is 5.26 Å². The third-order valence-electron chi connectivity index (χ3n) is 4.84. The molecule has 0 radical (unpaired) electrons. The van der Waals surface area contributed by atoms with Crippen molar-refractivity contribution < 1.29 is 9.59 Å². The predicted octanol–water partition coefficient (Wildman–Crippen LogP) is 3.29. The second-order valence-corrected chi connectivity index (χ2v) is 7.47. The molecule has 140 valence electrons.